The number of alkyl halides is 1. The van der Waals surface area contributed by atoms with Crippen molar-refractivity contribution in [1.29, 1.82) is 0 Å². The molecule has 0 bridgehead atoms. The van der Waals surface area contributed by atoms with E-state index in [1.165, 1.54) is 0 Å². The first-order chi connectivity index (χ1) is 7.58. The molecule has 0 aliphatic carbocycles. The lowest BCUT2D eigenvalue weighted by atomic mass is 10.2. The second kappa shape index (κ2) is 4.73. The monoisotopic (exact) mass is 320 g/mol. The maximum Gasteiger partial charge on any atom is 0.247 e. The summed E-state index contributed by atoms with van der Waals surface area (Å²) in [5.74, 6) is 0.836. The molecular formula is C10H7BrCl2N2O. The Morgan fingerprint density at radius 2 is 2.12 bits per heavy atom. The van der Waals surface area contributed by atoms with Gasteiger partial charge < -0.3 is 4.42 Å². The van der Waals surface area contributed by atoms with Gasteiger partial charge in [0.15, 0.2) is 0 Å². The summed E-state index contributed by atoms with van der Waals surface area (Å²) in [6, 6.07) is 5.39. The van der Waals surface area contributed by atoms with Gasteiger partial charge in [0.05, 0.1) is 5.02 Å². The lowest BCUT2D eigenvalue weighted by molar-refractivity contribution is 0.507. The maximum absolute atomic E-state index is 5.89. The summed E-state index contributed by atoms with van der Waals surface area (Å²) in [5, 5.41) is 8.10. The minimum absolute atomic E-state index is 0.294. The molecule has 0 radical (unpaired) electrons. The van der Waals surface area contributed by atoms with Crippen LogP contribution in [0.2, 0.25) is 5.02 Å². The van der Waals surface area contributed by atoms with E-state index < -0.39 is 0 Å². The van der Waals surface area contributed by atoms with E-state index in [0.717, 1.165) is 10.0 Å². The van der Waals surface area contributed by atoms with E-state index in [4.69, 9.17) is 27.6 Å². The van der Waals surface area contributed by atoms with Crippen LogP contribution in [0.4, 0.5) is 0 Å². The van der Waals surface area contributed by atoms with Gasteiger partial charge in [0.25, 0.3) is 0 Å². The molecule has 2 aromatic rings. The van der Waals surface area contributed by atoms with Crippen LogP contribution < -0.4 is 0 Å². The molecule has 1 aromatic heterocycles. The highest BCUT2D eigenvalue weighted by Gasteiger charge is 2.13. The van der Waals surface area contributed by atoms with Crippen LogP contribution in [0.15, 0.2) is 27.1 Å². The molecule has 1 heterocycles. The molecule has 6 heteroatoms. The third-order valence-corrected chi connectivity index (χ3v) is 3.35. The molecule has 84 valence electrons. The minimum atomic E-state index is -0.294. The second-order valence-electron chi connectivity index (χ2n) is 3.19. The van der Waals surface area contributed by atoms with Crippen LogP contribution in [0.3, 0.4) is 0 Å². The molecule has 0 saturated carbocycles. The van der Waals surface area contributed by atoms with Crippen LogP contribution >= 0.6 is 39.1 Å². The Labute approximate surface area is 111 Å². The molecule has 0 aliphatic heterocycles. The molecule has 1 aromatic carbocycles. The van der Waals surface area contributed by atoms with Crippen molar-refractivity contribution >= 4 is 39.1 Å². The Balaban J connectivity index is 2.39. The van der Waals surface area contributed by atoms with Crippen LogP contribution in [0.25, 0.3) is 11.5 Å². The Morgan fingerprint density at radius 1 is 1.38 bits per heavy atom. The molecule has 0 spiro atoms. The van der Waals surface area contributed by atoms with Crippen molar-refractivity contribution in [2.24, 2.45) is 0 Å². The summed E-state index contributed by atoms with van der Waals surface area (Å²) in [6.45, 7) is 1.77. The lowest BCUT2D eigenvalue weighted by Crippen LogP contribution is -1.81. The lowest BCUT2D eigenvalue weighted by Gasteiger charge is -1.98. The first-order valence-electron chi connectivity index (χ1n) is 4.51. The number of rotatable bonds is 2. The van der Waals surface area contributed by atoms with E-state index in [2.05, 4.69) is 26.1 Å². The molecule has 16 heavy (non-hydrogen) atoms. The van der Waals surface area contributed by atoms with Crippen LogP contribution in [-0.2, 0) is 0 Å². The number of hydrogen-bond donors (Lipinski definition) is 0. The SMILES string of the molecule is CC(Cl)c1nnc(-c2ccc(Cl)c(Br)c2)o1. The average Bonchev–Trinajstić information content (AvgIpc) is 2.71. The number of aromatic nitrogens is 2. The molecule has 0 saturated heterocycles. The van der Waals surface area contributed by atoms with E-state index >= 15 is 0 Å². The van der Waals surface area contributed by atoms with Gasteiger partial charge in [-0.25, -0.2) is 0 Å². The number of nitrogens with zero attached hydrogens (tertiary/aromatic N) is 2. The zero-order valence-electron chi connectivity index (χ0n) is 8.25. The highest BCUT2D eigenvalue weighted by atomic mass is 79.9. The first-order valence-corrected chi connectivity index (χ1v) is 6.11. The van der Waals surface area contributed by atoms with Gasteiger partial charge in [0.2, 0.25) is 11.8 Å². The van der Waals surface area contributed by atoms with E-state index in [-0.39, 0.29) is 5.38 Å². The van der Waals surface area contributed by atoms with Crippen LogP contribution in [0, 0.1) is 0 Å². The van der Waals surface area contributed by atoms with Crippen molar-refractivity contribution in [1.82, 2.24) is 10.2 Å². The average molecular weight is 322 g/mol. The molecule has 1 unspecified atom stereocenters. The van der Waals surface area contributed by atoms with E-state index in [0.29, 0.717) is 16.8 Å². The van der Waals surface area contributed by atoms with Crippen LogP contribution in [0.1, 0.15) is 18.2 Å². The van der Waals surface area contributed by atoms with Gasteiger partial charge in [-0.15, -0.1) is 21.8 Å². The molecular weight excluding hydrogens is 315 g/mol. The van der Waals surface area contributed by atoms with Gasteiger partial charge in [-0.2, -0.15) is 0 Å². The van der Waals surface area contributed by atoms with Crippen molar-refractivity contribution in [3.63, 3.8) is 0 Å². The van der Waals surface area contributed by atoms with Crippen molar-refractivity contribution in [2.75, 3.05) is 0 Å². The predicted molar refractivity (Wildman–Crippen MR) is 66.7 cm³/mol. The smallest absolute Gasteiger partial charge is 0.247 e. The molecule has 3 nitrogen and oxygen atoms in total. The minimum Gasteiger partial charge on any atom is -0.419 e. The van der Waals surface area contributed by atoms with Gasteiger partial charge in [-0.1, -0.05) is 11.6 Å². The summed E-state index contributed by atoms with van der Waals surface area (Å²) in [4.78, 5) is 0. The quantitative estimate of drug-likeness (QED) is 0.767. The van der Waals surface area contributed by atoms with Gasteiger partial charge in [-0.3, -0.25) is 0 Å². The molecule has 2 rings (SSSR count). The second-order valence-corrected chi connectivity index (χ2v) is 5.11. The zero-order valence-corrected chi connectivity index (χ0v) is 11.3. The fraction of sp³-hybridized carbons (Fsp3) is 0.200. The summed E-state index contributed by atoms with van der Waals surface area (Å²) >= 11 is 15.1. The summed E-state index contributed by atoms with van der Waals surface area (Å²) in [7, 11) is 0. The Hall–Kier alpha value is -0.580. The Kier molecular flexibility index (Phi) is 3.52. The number of hydrogen-bond acceptors (Lipinski definition) is 3. The molecule has 1 atom stereocenters. The van der Waals surface area contributed by atoms with Gasteiger partial charge in [0.1, 0.15) is 5.38 Å². The Morgan fingerprint density at radius 3 is 2.69 bits per heavy atom. The van der Waals surface area contributed by atoms with E-state index in [1.54, 1.807) is 13.0 Å². The van der Waals surface area contributed by atoms with Crippen molar-refractivity contribution < 1.29 is 4.42 Å². The molecule has 0 fully saturated rings. The first kappa shape index (κ1) is 11.9. The third-order valence-electron chi connectivity index (χ3n) is 1.95. The normalized spacial score (nSPS) is 12.8. The molecule has 0 aliphatic rings. The fourth-order valence-electron chi connectivity index (χ4n) is 1.14. The van der Waals surface area contributed by atoms with Crippen molar-refractivity contribution in [2.45, 2.75) is 12.3 Å². The third kappa shape index (κ3) is 2.39. The summed E-state index contributed by atoms with van der Waals surface area (Å²) in [6.07, 6.45) is 0. The topological polar surface area (TPSA) is 38.9 Å². The fourth-order valence-corrected chi connectivity index (χ4v) is 1.73. The molecule has 0 N–H and O–H groups in total. The van der Waals surface area contributed by atoms with Crippen LogP contribution in [0.5, 0.6) is 0 Å². The van der Waals surface area contributed by atoms with Crippen LogP contribution in [-0.4, -0.2) is 10.2 Å². The highest BCUT2D eigenvalue weighted by Crippen LogP contribution is 2.29. The number of halogens is 3. The largest absolute Gasteiger partial charge is 0.419 e. The van der Waals surface area contributed by atoms with Crippen molar-refractivity contribution in [3.8, 4) is 11.5 Å². The van der Waals surface area contributed by atoms with Crippen molar-refractivity contribution in [3.05, 3.63) is 33.6 Å². The number of benzene rings is 1. The predicted octanol–water partition coefficient (Wildman–Crippen LogP) is 4.45. The highest BCUT2D eigenvalue weighted by molar-refractivity contribution is 9.10. The Bertz CT molecular complexity index is 513. The van der Waals surface area contributed by atoms with Gasteiger partial charge in [-0.05, 0) is 41.1 Å². The van der Waals surface area contributed by atoms with Gasteiger partial charge >= 0.3 is 0 Å². The van der Waals surface area contributed by atoms with E-state index in [1.807, 2.05) is 12.1 Å². The zero-order chi connectivity index (χ0) is 11.7. The van der Waals surface area contributed by atoms with Gasteiger partial charge in [0, 0.05) is 10.0 Å². The summed E-state index contributed by atoms with van der Waals surface area (Å²) in [5.41, 5.74) is 0.798. The maximum atomic E-state index is 5.89. The summed E-state index contributed by atoms with van der Waals surface area (Å²) < 4.78 is 6.19. The molecule has 0 amide bonds. The van der Waals surface area contributed by atoms with E-state index in [9.17, 15) is 0 Å². The standard InChI is InChI=1S/C10H7BrCl2N2O/c1-5(12)9-14-15-10(16-9)6-2-3-8(13)7(11)4-6/h2-5H,1H3.